The molecule has 1 heterocycles. The maximum Gasteiger partial charge on any atom is 0.293 e. The number of ether oxygens (including phenoxy) is 1. The number of rotatable bonds is 6. The van der Waals surface area contributed by atoms with Crippen molar-refractivity contribution in [1.29, 1.82) is 0 Å². The van der Waals surface area contributed by atoms with Crippen LogP contribution in [0.25, 0.3) is 0 Å². The van der Waals surface area contributed by atoms with E-state index in [9.17, 15) is 14.9 Å². The van der Waals surface area contributed by atoms with Gasteiger partial charge in [0.1, 0.15) is 11.4 Å². The van der Waals surface area contributed by atoms with E-state index in [4.69, 9.17) is 4.74 Å². The van der Waals surface area contributed by atoms with Crippen LogP contribution in [0.4, 0.5) is 17.1 Å². The molecule has 0 bridgehead atoms. The van der Waals surface area contributed by atoms with Crippen molar-refractivity contribution in [2.45, 2.75) is 26.7 Å². The zero-order valence-corrected chi connectivity index (χ0v) is 16.2. The Morgan fingerprint density at radius 3 is 2.68 bits per heavy atom. The fraction of sp³-hybridized carbons (Fsp3) is 0.381. The summed E-state index contributed by atoms with van der Waals surface area (Å²) < 4.78 is 5.38. The third-order valence-electron chi connectivity index (χ3n) is 4.86. The molecule has 28 heavy (non-hydrogen) atoms. The number of carbonyl (C=O) groups is 1. The third-order valence-corrected chi connectivity index (χ3v) is 4.86. The number of carbonyl (C=O) groups excluding carboxylic acids is 1. The fourth-order valence-corrected chi connectivity index (χ4v) is 3.49. The molecule has 0 aliphatic carbocycles. The Bertz CT molecular complexity index is 851. The van der Waals surface area contributed by atoms with Gasteiger partial charge in [-0.2, -0.15) is 0 Å². The highest BCUT2D eigenvalue weighted by molar-refractivity contribution is 6.05. The number of nitrogens with zero attached hydrogens (tertiary/aromatic N) is 2. The second kappa shape index (κ2) is 8.73. The van der Waals surface area contributed by atoms with Crippen LogP contribution in [0.5, 0.6) is 5.75 Å². The van der Waals surface area contributed by atoms with Gasteiger partial charge in [0, 0.05) is 30.4 Å². The number of hydrogen-bond acceptors (Lipinski definition) is 5. The summed E-state index contributed by atoms with van der Waals surface area (Å²) in [6.45, 7) is 6.20. The van der Waals surface area contributed by atoms with Crippen LogP contribution in [0.2, 0.25) is 0 Å². The molecule has 0 aromatic heterocycles. The zero-order valence-electron chi connectivity index (χ0n) is 16.2. The fourth-order valence-electron chi connectivity index (χ4n) is 3.49. The summed E-state index contributed by atoms with van der Waals surface area (Å²) in [5.74, 6) is 0.832. The summed E-state index contributed by atoms with van der Waals surface area (Å²) in [6, 6.07) is 11.7. The summed E-state index contributed by atoms with van der Waals surface area (Å²) in [5.41, 5.74) is 1.40. The summed E-state index contributed by atoms with van der Waals surface area (Å²) in [7, 11) is 0. The van der Waals surface area contributed by atoms with E-state index in [1.807, 2.05) is 11.8 Å². The zero-order chi connectivity index (χ0) is 20.1. The van der Waals surface area contributed by atoms with Gasteiger partial charge in [0.2, 0.25) is 0 Å². The first-order chi connectivity index (χ1) is 13.5. The maximum absolute atomic E-state index is 12.6. The SMILES string of the molecule is CCOc1ccc(NC(=O)c2ccc(N3CCCC(C)C3)c([N+](=O)[O-])c2)cc1. The molecule has 1 saturated heterocycles. The molecule has 0 radical (unpaired) electrons. The lowest BCUT2D eigenvalue weighted by Crippen LogP contribution is -2.34. The van der Waals surface area contributed by atoms with Crippen molar-refractivity contribution in [2.24, 2.45) is 5.92 Å². The number of hydrogen-bond donors (Lipinski definition) is 1. The van der Waals surface area contributed by atoms with E-state index in [1.54, 1.807) is 36.4 Å². The van der Waals surface area contributed by atoms with Gasteiger partial charge < -0.3 is 15.0 Å². The van der Waals surface area contributed by atoms with Crippen LogP contribution in [0, 0.1) is 16.0 Å². The number of nitro groups is 1. The molecule has 1 amide bonds. The van der Waals surface area contributed by atoms with E-state index in [2.05, 4.69) is 12.2 Å². The molecule has 1 aliphatic heterocycles. The largest absolute Gasteiger partial charge is 0.494 e. The van der Waals surface area contributed by atoms with Crippen LogP contribution in [0.1, 0.15) is 37.0 Å². The minimum atomic E-state index is -0.414. The predicted molar refractivity (Wildman–Crippen MR) is 109 cm³/mol. The quantitative estimate of drug-likeness (QED) is 0.587. The smallest absolute Gasteiger partial charge is 0.293 e. The predicted octanol–water partition coefficient (Wildman–Crippen LogP) is 4.48. The monoisotopic (exact) mass is 383 g/mol. The average Bonchev–Trinajstić information content (AvgIpc) is 2.69. The molecular formula is C21H25N3O4. The lowest BCUT2D eigenvalue weighted by atomic mass is 9.99. The number of anilines is 2. The Morgan fingerprint density at radius 2 is 2.04 bits per heavy atom. The van der Waals surface area contributed by atoms with Gasteiger partial charge in [0.15, 0.2) is 0 Å². The molecule has 148 valence electrons. The highest BCUT2D eigenvalue weighted by atomic mass is 16.6. The first-order valence-corrected chi connectivity index (χ1v) is 9.55. The Kier molecular flexibility index (Phi) is 6.13. The van der Waals surface area contributed by atoms with Crippen LogP contribution in [-0.2, 0) is 0 Å². The molecule has 3 rings (SSSR count). The Balaban J connectivity index is 1.78. The number of piperidine rings is 1. The van der Waals surface area contributed by atoms with Gasteiger partial charge in [-0.15, -0.1) is 0 Å². The molecule has 1 unspecified atom stereocenters. The minimum Gasteiger partial charge on any atom is -0.494 e. The van der Waals surface area contributed by atoms with Crippen LogP contribution in [-0.4, -0.2) is 30.5 Å². The van der Waals surface area contributed by atoms with Crippen molar-refractivity contribution in [3.05, 3.63) is 58.1 Å². The van der Waals surface area contributed by atoms with E-state index in [0.717, 1.165) is 31.7 Å². The number of benzene rings is 2. The van der Waals surface area contributed by atoms with Gasteiger partial charge in [0.25, 0.3) is 11.6 Å². The third kappa shape index (κ3) is 4.60. The lowest BCUT2D eigenvalue weighted by molar-refractivity contribution is -0.384. The Labute approximate surface area is 164 Å². The lowest BCUT2D eigenvalue weighted by Gasteiger charge is -2.32. The molecule has 1 fully saturated rings. The first-order valence-electron chi connectivity index (χ1n) is 9.55. The first kappa shape index (κ1) is 19.7. The van der Waals surface area contributed by atoms with Gasteiger partial charge in [-0.05, 0) is 62.1 Å². The average molecular weight is 383 g/mol. The van der Waals surface area contributed by atoms with E-state index >= 15 is 0 Å². The summed E-state index contributed by atoms with van der Waals surface area (Å²) in [6.07, 6.45) is 2.14. The van der Waals surface area contributed by atoms with Crippen molar-refractivity contribution in [3.8, 4) is 5.75 Å². The second-order valence-corrected chi connectivity index (χ2v) is 7.07. The van der Waals surface area contributed by atoms with Crippen molar-refractivity contribution in [3.63, 3.8) is 0 Å². The standard InChI is InChI=1S/C21H25N3O4/c1-3-28-18-9-7-17(8-10-18)22-21(25)16-6-11-19(20(13-16)24(26)27)23-12-4-5-15(2)14-23/h6-11,13,15H,3-5,12,14H2,1-2H3,(H,22,25). The van der Waals surface area contributed by atoms with Crippen molar-refractivity contribution in [2.75, 3.05) is 29.9 Å². The van der Waals surface area contributed by atoms with E-state index in [0.29, 0.717) is 23.9 Å². The molecule has 7 heteroatoms. The van der Waals surface area contributed by atoms with Crippen LogP contribution >= 0.6 is 0 Å². The topological polar surface area (TPSA) is 84.7 Å². The van der Waals surface area contributed by atoms with Crippen LogP contribution in [0.3, 0.4) is 0 Å². The number of nitrogens with one attached hydrogen (secondary N) is 1. The molecular weight excluding hydrogens is 358 g/mol. The molecule has 1 aliphatic rings. The van der Waals surface area contributed by atoms with Gasteiger partial charge >= 0.3 is 0 Å². The van der Waals surface area contributed by atoms with Crippen molar-refractivity contribution < 1.29 is 14.5 Å². The Morgan fingerprint density at radius 1 is 1.29 bits per heavy atom. The molecule has 0 spiro atoms. The minimum absolute atomic E-state index is 0.0338. The van der Waals surface area contributed by atoms with Gasteiger partial charge in [-0.3, -0.25) is 14.9 Å². The normalized spacial score (nSPS) is 16.5. The maximum atomic E-state index is 12.6. The van der Waals surface area contributed by atoms with Gasteiger partial charge in [0.05, 0.1) is 11.5 Å². The van der Waals surface area contributed by atoms with E-state index in [-0.39, 0.29) is 17.2 Å². The molecule has 2 aromatic carbocycles. The van der Waals surface area contributed by atoms with Crippen LogP contribution in [0.15, 0.2) is 42.5 Å². The molecule has 1 N–H and O–H groups in total. The Hall–Kier alpha value is -3.09. The van der Waals surface area contributed by atoms with Crippen molar-refractivity contribution >= 4 is 23.0 Å². The van der Waals surface area contributed by atoms with E-state index < -0.39 is 4.92 Å². The van der Waals surface area contributed by atoms with Crippen molar-refractivity contribution in [1.82, 2.24) is 0 Å². The molecule has 7 nitrogen and oxygen atoms in total. The highest BCUT2D eigenvalue weighted by Gasteiger charge is 2.25. The van der Waals surface area contributed by atoms with Gasteiger partial charge in [-0.25, -0.2) is 0 Å². The second-order valence-electron chi connectivity index (χ2n) is 7.07. The number of amides is 1. The summed E-state index contributed by atoms with van der Waals surface area (Å²) in [4.78, 5) is 25.8. The van der Waals surface area contributed by atoms with E-state index in [1.165, 1.54) is 6.07 Å². The molecule has 0 saturated carbocycles. The van der Waals surface area contributed by atoms with Crippen LogP contribution < -0.4 is 15.0 Å². The molecule has 2 aromatic rings. The summed E-state index contributed by atoms with van der Waals surface area (Å²) in [5, 5.41) is 14.4. The number of nitro benzene ring substituents is 1. The summed E-state index contributed by atoms with van der Waals surface area (Å²) >= 11 is 0. The van der Waals surface area contributed by atoms with Gasteiger partial charge in [-0.1, -0.05) is 6.92 Å². The molecule has 1 atom stereocenters. The highest BCUT2D eigenvalue weighted by Crippen LogP contribution is 2.32.